The van der Waals surface area contributed by atoms with Crippen LogP contribution in [0.15, 0.2) is 36.4 Å². The predicted octanol–water partition coefficient (Wildman–Crippen LogP) is 5.09. The zero-order valence-electron chi connectivity index (χ0n) is 18.1. The molecule has 2 aliphatic heterocycles. The van der Waals surface area contributed by atoms with Crippen LogP contribution < -0.4 is 9.80 Å². The second-order valence-electron chi connectivity index (χ2n) is 8.29. The van der Waals surface area contributed by atoms with E-state index >= 15 is 0 Å². The van der Waals surface area contributed by atoms with Gasteiger partial charge in [0.05, 0.1) is 21.3 Å². The smallest absolute Gasteiger partial charge is 0.335 e. The van der Waals surface area contributed by atoms with Gasteiger partial charge in [-0.1, -0.05) is 48.7 Å². The summed E-state index contributed by atoms with van der Waals surface area (Å²) in [6, 6.07) is 10.8. The van der Waals surface area contributed by atoms with Crippen molar-refractivity contribution in [2.24, 2.45) is 0 Å². The molecule has 0 radical (unpaired) electrons. The molecule has 0 bridgehead atoms. The summed E-state index contributed by atoms with van der Waals surface area (Å²) in [5, 5.41) is 10.6. The van der Waals surface area contributed by atoms with E-state index in [1.54, 1.807) is 23.1 Å². The Morgan fingerprint density at radius 2 is 1.84 bits per heavy atom. The zero-order valence-corrected chi connectivity index (χ0v) is 19.6. The molecule has 2 aromatic carbocycles. The highest BCUT2D eigenvalue weighted by Crippen LogP contribution is 2.40. The number of nitrogens with zero attached hydrogens (tertiary/aromatic N) is 3. The summed E-state index contributed by atoms with van der Waals surface area (Å²) in [5.41, 5.74) is 2.90. The third kappa shape index (κ3) is 4.45. The highest BCUT2D eigenvalue weighted by molar-refractivity contribution is 6.43. The molecule has 0 aromatic heterocycles. The van der Waals surface area contributed by atoms with Crippen molar-refractivity contribution in [1.29, 1.82) is 0 Å². The maximum atomic E-state index is 13.1. The number of fused-ring (bicyclic) bond motifs is 1. The second-order valence-corrected chi connectivity index (χ2v) is 9.08. The first-order valence-electron chi connectivity index (χ1n) is 11.0. The van der Waals surface area contributed by atoms with Crippen molar-refractivity contribution in [2.75, 3.05) is 42.5 Å². The molecule has 2 heterocycles. The second kappa shape index (κ2) is 9.69. The minimum atomic E-state index is -0.982. The van der Waals surface area contributed by atoms with E-state index in [9.17, 15) is 14.7 Å². The number of amides is 1. The Kier molecular flexibility index (Phi) is 6.93. The number of anilines is 2. The SMILES string of the molecule is CCCCN1C(=O)CC(N2CCN(c3cccc(Cl)c3Cl)CC2)c2ccc(C(=O)O)cc21. The number of carbonyl (C=O) groups excluding carboxylic acids is 1. The van der Waals surface area contributed by atoms with Crippen LogP contribution in [0.1, 0.15) is 48.1 Å². The number of rotatable bonds is 6. The molecule has 2 aromatic rings. The van der Waals surface area contributed by atoms with Gasteiger partial charge in [0.15, 0.2) is 0 Å². The van der Waals surface area contributed by atoms with Crippen LogP contribution in [0.25, 0.3) is 0 Å². The fourth-order valence-corrected chi connectivity index (χ4v) is 5.03. The van der Waals surface area contributed by atoms with Gasteiger partial charge in [0.1, 0.15) is 0 Å². The van der Waals surface area contributed by atoms with Crippen molar-refractivity contribution in [1.82, 2.24) is 4.90 Å². The van der Waals surface area contributed by atoms with Gasteiger partial charge in [-0.05, 0) is 36.2 Å². The van der Waals surface area contributed by atoms with Crippen LogP contribution in [-0.2, 0) is 4.79 Å². The standard InChI is InChI=1S/C24H27Cl2N3O3/c1-2-3-9-29-21-14-16(24(31)32)7-8-17(21)20(15-22(29)30)28-12-10-27(11-13-28)19-6-4-5-18(25)23(19)26/h4-8,14,20H,2-3,9-13,15H2,1H3,(H,31,32). The lowest BCUT2D eigenvalue weighted by molar-refractivity contribution is -0.120. The Morgan fingerprint density at radius 3 is 2.53 bits per heavy atom. The molecule has 1 fully saturated rings. The van der Waals surface area contributed by atoms with Crippen LogP contribution in [0.2, 0.25) is 10.0 Å². The van der Waals surface area contributed by atoms with Gasteiger partial charge >= 0.3 is 5.97 Å². The van der Waals surface area contributed by atoms with E-state index < -0.39 is 5.97 Å². The highest BCUT2D eigenvalue weighted by Gasteiger charge is 2.36. The topological polar surface area (TPSA) is 64.1 Å². The number of unbranched alkanes of at least 4 members (excludes halogenated alkanes) is 1. The molecule has 1 unspecified atom stereocenters. The van der Waals surface area contributed by atoms with Crippen molar-refractivity contribution < 1.29 is 14.7 Å². The van der Waals surface area contributed by atoms with Gasteiger partial charge in [0.25, 0.3) is 0 Å². The van der Waals surface area contributed by atoms with E-state index in [1.807, 2.05) is 18.2 Å². The fourth-order valence-electron chi connectivity index (χ4n) is 4.61. The summed E-state index contributed by atoms with van der Waals surface area (Å²) in [6.07, 6.45) is 2.25. The lowest BCUT2D eigenvalue weighted by Gasteiger charge is -2.44. The molecule has 2 aliphatic rings. The molecular weight excluding hydrogens is 449 g/mol. The molecule has 32 heavy (non-hydrogen) atoms. The number of aromatic carboxylic acids is 1. The van der Waals surface area contributed by atoms with E-state index in [4.69, 9.17) is 23.2 Å². The molecule has 170 valence electrons. The molecule has 0 spiro atoms. The van der Waals surface area contributed by atoms with Crippen LogP contribution in [0.5, 0.6) is 0 Å². The third-order valence-electron chi connectivity index (χ3n) is 6.36. The quantitative estimate of drug-likeness (QED) is 0.629. The fraction of sp³-hybridized carbons (Fsp3) is 0.417. The average molecular weight is 476 g/mol. The summed E-state index contributed by atoms with van der Waals surface area (Å²) >= 11 is 12.6. The average Bonchev–Trinajstić information content (AvgIpc) is 2.79. The van der Waals surface area contributed by atoms with Gasteiger partial charge in [0, 0.05) is 50.9 Å². The Balaban J connectivity index is 1.57. The number of hydrogen-bond acceptors (Lipinski definition) is 4. The number of hydrogen-bond donors (Lipinski definition) is 1. The maximum absolute atomic E-state index is 13.1. The number of piperazine rings is 1. The minimum Gasteiger partial charge on any atom is -0.478 e. The number of halogens is 2. The highest BCUT2D eigenvalue weighted by atomic mass is 35.5. The molecule has 4 rings (SSSR count). The normalized spacial score (nSPS) is 19.2. The van der Waals surface area contributed by atoms with Crippen LogP contribution in [-0.4, -0.2) is 54.6 Å². The lowest BCUT2D eigenvalue weighted by Crippen LogP contribution is -2.50. The van der Waals surface area contributed by atoms with Crippen molar-refractivity contribution >= 4 is 46.5 Å². The molecular formula is C24H27Cl2N3O3. The molecule has 1 N–H and O–H groups in total. The number of carbonyl (C=O) groups is 2. The number of carboxylic acid groups (broad SMARTS) is 1. The first-order chi connectivity index (χ1) is 15.4. The number of carboxylic acids is 1. The summed E-state index contributed by atoms with van der Waals surface area (Å²) in [4.78, 5) is 30.9. The van der Waals surface area contributed by atoms with Crippen molar-refractivity contribution in [3.63, 3.8) is 0 Å². The van der Waals surface area contributed by atoms with E-state index in [1.165, 1.54) is 0 Å². The Bertz CT molecular complexity index is 1020. The first kappa shape index (κ1) is 22.9. The van der Waals surface area contributed by atoms with Gasteiger partial charge in [-0.2, -0.15) is 0 Å². The first-order valence-corrected chi connectivity index (χ1v) is 11.8. The molecule has 0 saturated carbocycles. The van der Waals surface area contributed by atoms with Gasteiger partial charge in [0.2, 0.25) is 5.91 Å². The predicted molar refractivity (Wildman–Crippen MR) is 128 cm³/mol. The van der Waals surface area contributed by atoms with E-state index in [0.717, 1.165) is 56.0 Å². The van der Waals surface area contributed by atoms with Gasteiger partial charge in [-0.3, -0.25) is 9.69 Å². The minimum absolute atomic E-state index is 0.0544. The summed E-state index contributed by atoms with van der Waals surface area (Å²) < 4.78 is 0. The summed E-state index contributed by atoms with van der Waals surface area (Å²) in [7, 11) is 0. The van der Waals surface area contributed by atoms with Gasteiger partial charge in [-0.25, -0.2) is 4.79 Å². The van der Waals surface area contributed by atoms with Gasteiger partial charge in [-0.15, -0.1) is 0 Å². The van der Waals surface area contributed by atoms with Crippen LogP contribution >= 0.6 is 23.2 Å². The van der Waals surface area contributed by atoms with Gasteiger partial charge < -0.3 is 14.9 Å². The van der Waals surface area contributed by atoms with E-state index in [2.05, 4.69) is 16.7 Å². The maximum Gasteiger partial charge on any atom is 0.335 e. The Labute approximate surface area is 198 Å². The van der Waals surface area contributed by atoms with E-state index in [0.29, 0.717) is 23.0 Å². The zero-order chi connectivity index (χ0) is 22.8. The van der Waals surface area contributed by atoms with Crippen LogP contribution in [0.4, 0.5) is 11.4 Å². The molecule has 0 aliphatic carbocycles. The Morgan fingerprint density at radius 1 is 1.09 bits per heavy atom. The van der Waals surface area contributed by atoms with E-state index in [-0.39, 0.29) is 17.5 Å². The third-order valence-corrected chi connectivity index (χ3v) is 7.17. The van der Waals surface area contributed by atoms with Crippen molar-refractivity contribution in [3.05, 3.63) is 57.6 Å². The monoisotopic (exact) mass is 475 g/mol. The van der Waals surface area contributed by atoms with Crippen LogP contribution in [0, 0.1) is 0 Å². The molecule has 1 amide bonds. The molecule has 1 atom stereocenters. The largest absolute Gasteiger partial charge is 0.478 e. The summed E-state index contributed by atoms with van der Waals surface area (Å²) in [5.74, 6) is -0.927. The van der Waals surface area contributed by atoms with Crippen LogP contribution in [0.3, 0.4) is 0 Å². The van der Waals surface area contributed by atoms with Crippen molar-refractivity contribution in [2.45, 2.75) is 32.2 Å². The molecule has 6 nitrogen and oxygen atoms in total. The number of benzene rings is 2. The summed E-state index contributed by atoms with van der Waals surface area (Å²) in [6.45, 7) is 5.78. The Hall–Kier alpha value is -2.28. The lowest BCUT2D eigenvalue weighted by atomic mass is 9.92. The molecule has 1 saturated heterocycles. The van der Waals surface area contributed by atoms with Crippen molar-refractivity contribution in [3.8, 4) is 0 Å². The molecule has 8 heteroatoms.